The first kappa shape index (κ1) is 13.2. The molecule has 0 aliphatic heterocycles. The summed E-state index contributed by atoms with van der Waals surface area (Å²) in [6.07, 6.45) is 12.9. The molecule has 0 bridgehead atoms. The molecule has 4 nitrogen and oxygen atoms in total. The van der Waals surface area contributed by atoms with Crippen molar-refractivity contribution in [3.05, 3.63) is 36.5 Å². The van der Waals surface area contributed by atoms with Crippen LogP contribution in [0.1, 0.15) is 19.8 Å². The summed E-state index contributed by atoms with van der Waals surface area (Å²) in [7, 11) is 0. The number of rotatable bonds is 5. The Morgan fingerprint density at radius 1 is 1.24 bits per heavy atom. The van der Waals surface area contributed by atoms with E-state index in [1.165, 1.54) is 6.92 Å². The molecule has 0 radical (unpaired) electrons. The summed E-state index contributed by atoms with van der Waals surface area (Å²) in [4.78, 5) is 21.8. The molecule has 92 valence electrons. The molecule has 0 aromatic carbocycles. The number of nitrogens with one attached hydrogen (secondary N) is 1. The third-order valence-corrected chi connectivity index (χ3v) is 2.51. The molecule has 0 heterocycles. The highest BCUT2D eigenvalue weighted by Crippen LogP contribution is 2.14. The van der Waals surface area contributed by atoms with Crippen LogP contribution in [0, 0.1) is 5.92 Å². The standard InChI is InChI=1S/C13H17NO3/c1-10(15)14-12(13(16)17)9-8-11-6-4-2-3-5-7-11/h2-7,11-12H,8-9H2,1H3,(H,14,15)(H,16,17)/t12-/m1/s1. The Balaban J connectivity index is 2.46. The Morgan fingerprint density at radius 2 is 1.82 bits per heavy atom. The molecule has 0 spiro atoms. The minimum atomic E-state index is -0.986. The fourth-order valence-electron chi connectivity index (χ4n) is 1.66. The van der Waals surface area contributed by atoms with E-state index >= 15 is 0 Å². The number of carbonyl (C=O) groups excluding carboxylic acids is 1. The first-order valence-corrected chi connectivity index (χ1v) is 5.61. The minimum absolute atomic E-state index is 0.223. The van der Waals surface area contributed by atoms with Gasteiger partial charge in [-0.3, -0.25) is 4.79 Å². The van der Waals surface area contributed by atoms with Crippen LogP contribution in [-0.4, -0.2) is 23.0 Å². The van der Waals surface area contributed by atoms with Crippen LogP contribution in [0.4, 0.5) is 0 Å². The second-order valence-corrected chi connectivity index (χ2v) is 3.99. The summed E-state index contributed by atoms with van der Waals surface area (Å²) in [6, 6.07) is -0.800. The lowest BCUT2D eigenvalue weighted by atomic mass is 9.99. The fourth-order valence-corrected chi connectivity index (χ4v) is 1.66. The highest BCUT2D eigenvalue weighted by molar-refractivity contribution is 5.81. The molecule has 0 fully saturated rings. The van der Waals surface area contributed by atoms with Gasteiger partial charge in [-0.05, 0) is 18.8 Å². The predicted octanol–water partition coefficient (Wildman–Crippen LogP) is 1.65. The quantitative estimate of drug-likeness (QED) is 0.761. The molecule has 1 aliphatic carbocycles. The Morgan fingerprint density at radius 3 is 2.29 bits per heavy atom. The molecule has 1 atom stereocenters. The average molecular weight is 235 g/mol. The van der Waals surface area contributed by atoms with Crippen molar-refractivity contribution in [2.24, 2.45) is 5.92 Å². The highest BCUT2D eigenvalue weighted by Gasteiger charge is 2.18. The van der Waals surface area contributed by atoms with Gasteiger partial charge in [-0.25, -0.2) is 4.79 Å². The van der Waals surface area contributed by atoms with Crippen molar-refractivity contribution in [2.45, 2.75) is 25.8 Å². The van der Waals surface area contributed by atoms with Gasteiger partial charge in [-0.2, -0.15) is 0 Å². The van der Waals surface area contributed by atoms with Crippen LogP contribution in [0.25, 0.3) is 0 Å². The smallest absolute Gasteiger partial charge is 0.326 e. The number of hydrogen-bond acceptors (Lipinski definition) is 2. The molecular formula is C13H17NO3. The molecule has 0 unspecified atom stereocenters. The van der Waals surface area contributed by atoms with Crippen LogP contribution in [0.3, 0.4) is 0 Å². The molecule has 4 heteroatoms. The topological polar surface area (TPSA) is 66.4 Å². The normalized spacial score (nSPS) is 16.5. The van der Waals surface area contributed by atoms with E-state index in [0.29, 0.717) is 12.8 Å². The zero-order valence-corrected chi connectivity index (χ0v) is 9.80. The van der Waals surface area contributed by atoms with E-state index in [-0.39, 0.29) is 11.8 Å². The second kappa shape index (κ2) is 6.68. The lowest BCUT2D eigenvalue weighted by Gasteiger charge is -2.14. The van der Waals surface area contributed by atoms with E-state index in [4.69, 9.17) is 5.11 Å². The molecule has 1 rings (SSSR count). The summed E-state index contributed by atoms with van der Waals surface area (Å²) in [5.74, 6) is -1.08. The van der Waals surface area contributed by atoms with E-state index in [1.807, 2.05) is 36.5 Å². The Labute approximate surface area is 101 Å². The summed E-state index contributed by atoms with van der Waals surface area (Å²) in [5, 5.41) is 11.4. The van der Waals surface area contributed by atoms with Gasteiger partial charge in [0.1, 0.15) is 6.04 Å². The lowest BCUT2D eigenvalue weighted by Crippen LogP contribution is -2.39. The van der Waals surface area contributed by atoms with Crippen LogP contribution < -0.4 is 5.32 Å². The van der Waals surface area contributed by atoms with Crippen molar-refractivity contribution in [1.82, 2.24) is 5.32 Å². The van der Waals surface area contributed by atoms with Gasteiger partial charge in [0.2, 0.25) is 5.91 Å². The zero-order valence-electron chi connectivity index (χ0n) is 9.80. The number of carboxylic acids is 1. The second-order valence-electron chi connectivity index (χ2n) is 3.99. The molecule has 0 aromatic heterocycles. The third-order valence-electron chi connectivity index (χ3n) is 2.51. The van der Waals surface area contributed by atoms with Crippen molar-refractivity contribution < 1.29 is 14.7 Å². The Hall–Kier alpha value is -1.84. The lowest BCUT2D eigenvalue weighted by molar-refractivity contribution is -0.141. The summed E-state index contributed by atoms with van der Waals surface area (Å²) >= 11 is 0. The first-order chi connectivity index (χ1) is 8.09. The van der Waals surface area contributed by atoms with E-state index in [0.717, 1.165) is 0 Å². The number of carbonyl (C=O) groups is 2. The van der Waals surface area contributed by atoms with Gasteiger partial charge in [-0.15, -0.1) is 0 Å². The molecular weight excluding hydrogens is 218 g/mol. The van der Waals surface area contributed by atoms with Crippen LogP contribution in [-0.2, 0) is 9.59 Å². The number of carboxylic acid groups (broad SMARTS) is 1. The number of amides is 1. The fraction of sp³-hybridized carbons (Fsp3) is 0.385. The molecule has 1 amide bonds. The van der Waals surface area contributed by atoms with Crippen molar-refractivity contribution >= 4 is 11.9 Å². The summed E-state index contributed by atoms with van der Waals surface area (Å²) in [5.41, 5.74) is 0. The van der Waals surface area contributed by atoms with Gasteiger partial charge >= 0.3 is 5.97 Å². The van der Waals surface area contributed by atoms with E-state index in [9.17, 15) is 9.59 Å². The number of aliphatic carboxylic acids is 1. The van der Waals surface area contributed by atoms with Gasteiger partial charge in [0, 0.05) is 6.92 Å². The maximum absolute atomic E-state index is 10.9. The number of allylic oxidation sites excluding steroid dienone is 6. The first-order valence-electron chi connectivity index (χ1n) is 5.61. The van der Waals surface area contributed by atoms with Crippen molar-refractivity contribution in [2.75, 3.05) is 0 Å². The maximum atomic E-state index is 10.9. The van der Waals surface area contributed by atoms with E-state index in [1.54, 1.807) is 0 Å². The van der Waals surface area contributed by atoms with Gasteiger partial charge in [0.05, 0.1) is 0 Å². The number of hydrogen-bond donors (Lipinski definition) is 2. The van der Waals surface area contributed by atoms with Crippen LogP contribution in [0.5, 0.6) is 0 Å². The van der Waals surface area contributed by atoms with Crippen LogP contribution >= 0.6 is 0 Å². The van der Waals surface area contributed by atoms with Crippen molar-refractivity contribution in [3.8, 4) is 0 Å². The summed E-state index contributed by atoms with van der Waals surface area (Å²) < 4.78 is 0. The largest absolute Gasteiger partial charge is 0.480 e. The van der Waals surface area contributed by atoms with Crippen molar-refractivity contribution in [1.29, 1.82) is 0 Å². The van der Waals surface area contributed by atoms with Gasteiger partial charge in [0.15, 0.2) is 0 Å². The monoisotopic (exact) mass is 235 g/mol. The summed E-state index contributed by atoms with van der Waals surface area (Å²) in [6.45, 7) is 1.32. The van der Waals surface area contributed by atoms with E-state index in [2.05, 4.69) is 5.32 Å². The molecule has 0 aromatic rings. The molecule has 0 saturated heterocycles. The molecule has 0 saturated carbocycles. The van der Waals surface area contributed by atoms with Crippen LogP contribution in [0.15, 0.2) is 36.5 Å². The van der Waals surface area contributed by atoms with Gasteiger partial charge < -0.3 is 10.4 Å². The van der Waals surface area contributed by atoms with Gasteiger partial charge in [0.25, 0.3) is 0 Å². The minimum Gasteiger partial charge on any atom is -0.480 e. The van der Waals surface area contributed by atoms with Gasteiger partial charge in [-0.1, -0.05) is 36.5 Å². The Bertz CT molecular complexity index is 353. The molecule has 1 aliphatic rings. The highest BCUT2D eigenvalue weighted by atomic mass is 16.4. The maximum Gasteiger partial charge on any atom is 0.326 e. The van der Waals surface area contributed by atoms with E-state index < -0.39 is 12.0 Å². The Kier molecular flexibility index (Phi) is 5.20. The van der Waals surface area contributed by atoms with Crippen LogP contribution in [0.2, 0.25) is 0 Å². The van der Waals surface area contributed by atoms with Crippen molar-refractivity contribution in [3.63, 3.8) is 0 Å². The molecule has 2 N–H and O–H groups in total. The zero-order chi connectivity index (χ0) is 12.7. The predicted molar refractivity (Wildman–Crippen MR) is 65.4 cm³/mol. The SMILES string of the molecule is CC(=O)N[C@H](CCC1C=CC=CC=C1)C(=O)O. The average Bonchev–Trinajstić information content (AvgIpc) is 2.51. The molecule has 17 heavy (non-hydrogen) atoms. The third kappa shape index (κ3) is 5.15.